The summed E-state index contributed by atoms with van der Waals surface area (Å²) in [5.41, 5.74) is -0.156. The molecule has 0 aromatic heterocycles. The van der Waals surface area contributed by atoms with Crippen molar-refractivity contribution >= 4 is 5.91 Å². The fourth-order valence-corrected chi connectivity index (χ4v) is 2.90. The molecular weight excluding hydrogens is 252 g/mol. The third-order valence-electron chi connectivity index (χ3n) is 3.44. The molecule has 1 unspecified atom stereocenters. The first kappa shape index (κ1) is 17.2. The molecular formula is C16H30N2O2. The van der Waals surface area contributed by atoms with Crippen LogP contribution in [0.2, 0.25) is 0 Å². The van der Waals surface area contributed by atoms with Crippen LogP contribution in [0.15, 0.2) is 12.2 Å². The zero-order valence-electron chi connectivity index (χ0n) is 13.7. The highest BCUT2D eigenvalue weighted by Crippen LogP contribution is 2.26. The van der Waals surface area contributed by atoms with Gasteiger partial charge in [-0.15, -0.1) is 0 Å². The van der Waals surface area contributed by atoms with Crippen molar-refractivity contribution in [3.8, 4) is 0 Å². The maximum Gasteiger partial charge on any atom is 0.255 e. The Labute approximate surface area is 123 Å². The van der Waals surface area contributed by atoms with Crippen LogP contribution in [0.3, 0.4) is 0 Å². The molecule has 116 valence electrons. The number of nitrogens with zero attached hydrogens (tertiary/aromatic N) is 2. The largest absolute Gasteiger partial charge is 0.379 e. The van der Waals surface area contributed by atoms with Gasteiger partial charge < -0.3 is 10.0 Å². The molecule has 0 bridgehead atoms. The molecule has 1 N–H and O–H groups in total. The van der Waals surface area contributed by atoms with E-state index in [2.05, 4.69) is 27.4 Å². The van der Waals surface area contributed by atoms with Crippen LogP contribution in [0, 0.1) is 5.41 Å². The summed E-state index contributed by atoms with van der Waals surface area (Å²) in [4.78, 5) is 16.4. The van der Waals surface area contributed by atoms with Gasteiger partial charge in [0, 0.05) is 26.2 Å². The molecule has 1 fully saturated rings. The highest BCUT2D eigenvalue weighted by molar-refractivity contribution is 5.86. The van der Waals surface area contributed by atoms with Crippen LogP contribution >= 0.6 is 0 Å². The van der Waals surface area contributed by atoms with Gasteiger partial charge in [-0.05, 0) is 32.2 Å². The first-order valence-electron chi connectivity index (χ1n) is 7.38. The molecule has 20 heavy (non-hydrogen) atoms. The van der Waals surface area contributed by atoms with E-state index in [9.17, 15) is 9.90 Å². The third kappa shape index (κ3) is 4.91. The average Bonchev–Trinajstić information content (AvgIpc) is 2.21. The maximum atomic E-state index is 12.6. The average molecular weight is 282 g/mol. The fraction of sp³-hybridized carbons (Fsp3) is 0.812. The van der Waals surface area contributed by atoms with Crippen molar-refractivity contribution in [1.29, 1.82) is 0 Å². The minimum Gasteiger partial charge on any atom is -0.379 e. The van der Waals surface area contributed by atoms with Gasteiger partial charge in [0.15, 0.2) is 5.60 Å². The summed E-state index contributed by atoms with van der Waals surface area (Å²) in [6, 6.07) is 0. The van der Waals surface area contributed by atoms with E-state index in [1.54, 1.807) is 0 Å². The van der Waals surface area contributed by atoms with Gasteiger partial charge in [0.25, 0.3) is 5.91 Å². The lowest BCUT2D eigenvalue weighted by Crippen LogP contribution is -2.59. The Balaban J connectivity index is 2.73. The molecule has 1 heterocycles. The number of aliphatic hydroxyl groups is 1. The number of likely N-dealkylation sites (N-methyl/N-ethyl adjacent to an activating group) is 1. The van der Waals surface area contributed by atoms with Crippen LogP contribution in [-0.4, -0.2) is 59.6 Å². The SMILES string of the molecule is C=C(C)CN(C)CC1(O)CCCN(CC(C)(C)C)C1=O. The lowest BCUT2D eigenvalue weighted by molar-refractivity contribution is -0.160. The summed E-state index contributed by atoms with van der Waals surface area (Å²) in [5.74, 6) is -0.118. The molecule has 0 radical (unpaired) electrons. The van der Waals surface area contributed by atoms with Crippen molar-refractivity contribution in [2.45, 2.75) is 46.1 Å². The predicted molar refractivity (Wildman–Crippen MR) is 82.5 cm³/mol. The van der Waals surface area contributed by atoms with Gasteiger partial charge in [-0.3, -0.25) is 9.69 Å². The minimum absolute atomic E-state index is 0.0531. The summed E-state index contributed by atoms with van der Waals surface area (Å²) in [6.45, 7) is 14.7. The summed E-state index contributed by atoms with van der Waals surface area (Å²) < 4.78 is 0. The van der Waals surface area contributed by atoms with E-state index < -0.39 is 5.60 Å². The first-order chi connectivity index (χ1) is 9.03. The monoisotopic (exact) mass is 282 g/mol. The number of amides is 1. The molecule has 1 aliphatic heterocycles. The molecule has 4 heteroatoms. The minimum atomic E-state index is -1.24. The van der Waals surface area contributed by atoms with Crippen molar-refractivity contribution in [1.82, 2.24) is 9.80 Å². The van der Waals surface area contributed by atoms with Gasteiger partial charge in [-0.2, -0.15) is 0 Å². The number of rotatable bonds is 5. The van der Waals surface area contributed by atoms with E-state index in [-0.39, 0.29) is 11.3 Å². The standard InChI is InChI=1S/C16H30N2O2/c1-13(2)10-17(6)12-16(20)8-7-9-18(14(16)19)11-15(3,4)5/h20H,1,7-12H2,2-6H3. The second-order valence-corrected chi connectivity index (χ2v) is 7.55. The van der Waals surface area contributed by atoms with Crippen LogP contribution in [0.1, 0.15) is 40.5 Å². The molecule has 1 saturated heterocycles. The van der Waals surface area contributed by atoms with Gasteiger partial charge in [0.1, 0.15) is 0 Å². The number of likely N-dealkylation sites (tertiary alicyclic amines) is 1. The van der Waals surface area contributed by atoms with Gasteiger partial charge in [-0.1, -0.05) is 32.9 Å². The highest BCUT2D eigenvalue weighted by atomic mass is 16.3. The topological polar surface area (TPSA) is 43.8 Å². The molecule has 1 aliphatic rings. The molecule has 0 saturated carbocycles. The van der Waals surface area contributed by atoms with Crippen molar-refractivity contribution in [3.05, 3.63) is 12.2 Å². The fourth-order valence-electron chi connectivity index (χ4n) is 2.90. The van der Waals surface area contributed by atoms with Crippen LogP contribution in [0.25, 0.3) is 0 Å². The van der Waals surface area contributed by atoms with E-state index in [0.717, 1.165) is 18.5 Å². The second kappa shape index (κ2) is 6.27. The Bertz CT molecular complexity index is 373. The molecule has 0 aliphatic carbocycles. The second-order valence-electron chi connectivity index (χ2n) is 7.55. The lowest BCUT2D eigenvalue weighted by Gasteiger charge is -2.42. The highest BCUT2D eigenvalue weighted by Gasteiger charge is 2.43. The Morgan fingerprint density at radius 3 is 2.60 bits per heavy atom. The Morgan fingerprint density at radius 2 is 2.10 bits per heavy atom. The summed E-state index contributed by atoms with van der Waals surface area (Å²) >= 11 is 0. The molecule has 0 aromatic rings. The first-order valence-corrected chi connectivity index (χ1v) is 7.38. The summed E-state index contributed by atoms with van der Waals surface area (Å²) in [6.07, 6.45) is 1.41. The van der Waals surface area contributed by atoms with E-state index in [1.165, 1.54) is 0 Å². The van der Waals surface area contributed by atoms with Gasteiger partial charge in [0.05, 0.1) is 0 Å². The number of hydrogen-bond acceptors (Lipinski definition) is 3. The lowest BCUT2D eigenvalue weighted by atomic mass is 9.88. The number of carbonyl (C=O) groups excluding carboxylic acids is 1. The normalized spacial score (nSPS) is 24.4. The quantitative estimate of drug-likeness (QED) is 0.783. The Hall–Kier alpha value is -0.870. The van der Waals surface area contributed by atoms with Crippen LogP contribution in [0.4, 0.5) is 0 Å². The summed E-state index contributed by atoms with van der Waals surface area (Å²) in [7, 11) is 1.92. The maximum absolute atomic E-state index is 12.6. The zero-order valence-corrected chi connectivity index (χ0v) is 13.7. The molecule has 1 atom stereocenters. The molecule has 4 nitrogen and oxygen atoms in total. The van der Waals surface area contributed by atoms with Crippen molar-refractivity contribution < 1.29 is 9.90 Å². The third-order valence-corrected chi connectivity index (χ3v) is 3.44. The van der Waals surface area contributed by atoms with E-state index >= 15 is 0 Å². The predicted octanol–water partition coefficient (Wildman–Crippen LogP) is 1.89. The Kier molecular flexibility index (Phi) is 5.39. The van der Waals surface area contributed by atoms with Crippen LogP contribution < -0.4 is 0 Å². The molecule has 0 spiro atoms. The number of hydrogen-bond donors (Lipinski definition) is 1. The van der Waals surface area contributed by atoms with Gasteiger partial charge >= 0.3 is 0 Å². The number of carbonyl (C=O) groups is 1. The van der Waals surface area contributed by atoms with Crippen LogP contribution in [0.5, 0.6) is 0 Å². The Morgan fingerprint density at radius 1 is 1.50 bits per heavy atom. The van der Waals surface area contributed by atoms with Crippen LogP contribution in [-0.2, 0) is 4.79 Å². The number of piperidine rings is 1. The van der Waals surface area contributed by atoms with E-state index in [4.69, 9.17) is 0 Å². The smallest absolute Gasteiger partial charge is 0.255 e. The molecule has 0 aromatic carbocycles. The van der Waals surface area contributed by atoms with E-state index in [0.29, 0.717) is 26.1 Å². The van der Waals surface area contributed by atoms with Crippen molar-refractivity contribution in [2.75, 3.05) is 33.2 Å². The van der Waals surface area contributed by atoms with Crippen molar-refractivity contribution in [3.63, 3.8) is 0 Å². The van der Waals surface area contributed by atoms with Gasteiger partial charge in [-0.25, -0.2) is 0 Å². The molecule has 1 amide bonds. The van der Waals surface area contributed by atoms with Crippen molar-refractivity contribution in [2.24, 2.45) is 5.41 Å². The molecule has 1 rings (SSSR count). The van der Waals surface area contributed by atoms with E-state index in [1.807, 2.05) is 23.8 Å². The zero-order chi connectivity index (χ0) is 15.6. The van der Waals surface area contributed by atoms with Gasteiger partial charge in [0.2, 0.25) is 0 Å². The summed E-state index contributed by atoms with van der Waals surface area (Å²) in [5, 5.41) is 10.7.